The molecule has 1 aromatic carbocycles. The van der Waals surface area contributed by atoms with E-state index in [2.05, 4.69) is 20.6 Å². The molecule has 2 aromatic heterocycles. The van der Waals surface area contributed by atoms with E-state index < -0.39 is 0 Å². The third-order valence-electron chi connectivity index (χ3n) is 4.24. The SMILES string of the molecule is OCCNCCCNc1nc2ccc(CCl)cc2n1Cc1ncccc1O. The summed E-state index contributed by atoms with van der Waals surface area (Å²) in [7, 11) is 0. The zero-order chi connectivity index (χ0) is 19.1. The van der Waals surface area contributed by atoms with E-state index in [1.807, 2.05) is 22.8 Å². The Bertz CT molecular complexity index is 884. The van der Waals surface area contributed by atoms with Crippen LogP contribution in [0.15, 0.2) is 36.5 Å². The van der Waals surface area contributed by atoms with Crippen LogP contribution in [-0.4, -0.2) is 51.0 Å². The first-order chi connectivity index (χ1) is 13.2. The van der Waals surface area contributed by atoms with Crippen LogP contribution in [0.25, 0.3) is 11.0 Å². The lowest BCUT2D eigenvalue weighted by atomic mass is 10.2. The van der Waals surface area contributed by atoms with Crippen LogP contribution < -0.4 is 10.6 Å². The van der Waals surface area contributed by atoms with E-state index in [1.54, 1.807) is 18.3 Å². The molecule has 0 radical (unpaired) electrons. The topological polar surface area (TPSA) is 95.2 Å². The molecule has 0 saturated carbocycles. The number of pyridine rings is 1. The molecule has 4 N–H and O–H groups in total. The van der Waals surface area contributed by atoms with Crippen molar-refractivity contribution < 1.29 is 10.2 Å². The van der Waals surface area contributed by atoms with Crippen molar-refractivity contribution in [2.24, 2.45) is 0 Å². The highest BCUT2D eigenvalue weighted by molar-refractivity contribution is 6.17. The highest BCUT2D eigenvalue weighted by atomic mass is 35.5. The summed E-state index contributed by atoms with van der Waals surface area (Å²) >= 11 is 5.99. The third-order valence-corrected chi connectivity index (χ3v) is 4.55. The van der Waals surface area contributed by atoms with Gasteiger partial charge in [-0.15, -0.1) is 11.6 Å². The number of nitrogens with zero attached hydrogens (tertiary/aromatic N) is 3. The van der Waals surface area contributed by atoms with Gasteiger partial charge in [0, 0.05) is 25.2 Å². The van der Waals surface area contributed by atoms with Crippen LogP contribution in [0.1, 0.15) is 17.7 Å². The molecule has 3 aromatic rings. The molecule has 27 heavy (non-hydrogen) atoms. The molecule has 0 aliphatic rings. The fourth-order valence-electron chi connectivity index (χ4n) is 2.87. The van der Waals surface area contributed by atoms with Crippen molar-refractivity contribution in [1.29, 1.82) is 0 Å². The van der Waals surface area contributed by atoms with E-state index in [0.29, 0.717) is 24.7 Å². The number of nitrogens with one attached hydrogen (secondary N) is 2. The fraction of sp³-hybridized carbons (Fsp3) is 0.368. The summed E-state index contributed by atoms with van der Waals surface area (Å²) in [5.74, 6) is 1.31. The summed E-state index contributed by atoms with van der Waals surface area (Å²) in [6.45, 7) is 2.68. The van der Waals surface area contributed by atoms with E-state index in [1.165, 1.54) is 0 Å². The lowest BCUT2D eigenvalue weighted by Gasteiger charge is -2.12. The number of aromatic nitrogens is 3. The van der Waals surface area contributed by atoms with Crippen LogP contribution in [-0.2, 0) is 12.4 Å². The molecule has 2 heterocycles. The van der Waals surface area contributed by atoms with Gasteiger partial charge >= 0.3 is 0 Å². The largest absolute Gasteiger partial charge is 0.506 e. The summed E-state index contributed by atoms with van der Waals surface area (Å²) in [6, 6.07) is 9.27. The number of hydrogen-bond acceptors (Lipinski definition) is 6. The van der Waals surface area contributed by atoms with Crippen molar-refractivity contribution in [2.45, 2.75) is 18.8 Å². The predicted molar refractivity (Wildman–Crippen MR) is 107 cm³/mol. The van der Waals surface area contributed by atoms with Crippen molar-refractivity contribution in [3.8, 4) is 5.75 Å². The predicted octanol–water partition coefficient (Wildman–Crippen LogP) is 2.31. The Morgan fingerprint density at radius 3 is 2.81 bits per heavy atom. The second-order valence-electron chi connectivity index (χ2n) is 6.20. The van der Waals surface area contributed by atoms with E-state index in [9.17, 15) is 5.11 Å². The van der Waals surface area contributed by atoms with Gasteiger partial charge in [-0.3, -0.25) is 4.98 Å². The fourth-order valence-corrected chi connectivity index (χ4v) is 3.03. The molecule has 0 unspecified atom stereocenters. The van der Waals surface area contributed by atoms with Gasteiger partial charge in [0.1, 0.15) is 11.4 Å². The van der Waals surface area contributed by atoms with Gasteiger partial charge in [-0.25, -0.2) is 4.98 Å². The first-order valence-electron chi connectivity index (χ1n) is 8.96. The van der Waals surface area contributed by atoms with Crippen molar-refractivity contribution in [1.82, 2.24) is 19.9 Å². The third kappa shape index (κ3) is 4.88. The monoisotopic (exact) mass is 389 g/mol. The number of imidazole rings is 1. The number of alkyl halides is 1. The summed E-state index contributed by atoms with van der Waals surface area (Å²) in [6.07, 6.45) is 2.56. The van der Waals surface area contributed by atoms with Gasteiger partial charge in [-0.05, 0) is 42.8 Å². The number of halogens is 1. The Hall–Kier alpha value is -2.35. The summed E-state index contributed by atoms with van der Waals surface area (Å²) in [5.41, 5.74) is 3.40. The summed E-state index contributed by atoms with van der Waals surface area (Å²) in [5, 5.41) is 25.4. The van der Waals surface area contributed by atoms with Crippen molar-refractivity contribution in [3.05, 3.63) is 47.8 Å². The Morgan fingerprint density at radius 2 is 2.04 bits per heavy atom. The van der Waals surface area contributed by atoms with Gasteiger partial charge in [-0.2, -0.15) is 0 Å². The molecular formula is C19H24ClN5O2. The highest BCUT2D eigenvalue weighted by Gasteiger charge is 2.13. The smallest absolute Gasteiger partial charge is 0.204 e. The molecule has 0 aliphatic heterocycles. The number of anilines is 1. The van der Waals surface area contributed by atoms with Crippen molar-refractivity contribution in [3.63, 3.8) is 0 Å². The van der Waals surface area contributed by atoms with Crippen LogP contribution in [0.3, 0.4) is 0 Å². The second kappa shape index (κ2) is 9.55. The maximum Gasteiger partial charge on any atom is 0.204 e. The van der Waals surface area contributed by atoms with Crippen LogP contribution in [0.4, 0.5) is 5.95 Å². The molecule has 0 bridgehead atoms. The molecule has 7 nitrogen and oxygen atoms in total. The minimum absolute atomic E-state index is 0.139. The van der Waals surface area contributed by atoms with Crippen LogP contribution in [0.5, 0.6) is 5.75 Å². The minimum atomic E-state index is 0.139. The van der Waals surface area contributed by atoms with Gasteiger partial charge < -0.3 is 25.4 Å². The number of aliphatic hydroxyl groups is 1. The maximum atomic E-state index is 10.1. The molecule has 0 saturated heterocycles. The van der Waals surface area contributed by atoms with E-state index in [4.69, 9.17) is 16.7 Å². The molecule has 0 spiro atoms. The summed E-state index contributed by atoms with van der Waals surface area (Å²) in [4.78, 5) is 8.97. The lowest BCUT2D eigenvalue weighted by Crippen LogP contribution is -2.21. The van der Waals surface area contributed by atoms with Gasteiger partial charge in [-0.1, -0.05) is 6.07 Å². The van der Waals surface area contributed by atoms with Gasteiger partial charge in [0.15, 0.2) is 0 Å². The van der Waals surface area contributed by atoms with Gasteiger partial charge in [0.2, 0.25) is 5.95 Å². The van der Waals surface area contributed by atoms with Crippen molar-refractivity contribution >= 4 is 28.6 Å². The summed E-state index contributed by atoms with van der Waals surface area (Å²) < 4.78 is 2.01. The molecule has 144 valence electrons. The number of aliphatic hydroxyl groups excluding tert-OH is 1. The maximum absolute atomic E-state index is 10.1. The van der Waals surface area contributed by atoms with E-state index >= 15 is 0 Å². The molecule has 0 fully saturated rings. The first kappa shape index (κ1) is 19.4. The van der Waals surface area contributed by atoms with Gasteiger partial charge in [0.25, 0.3) is 0 Å². The molecule has 0 aliphatic carbocycles. The Morgan fingerprint density at radius 1 is 1.15 bits per heavy atom. The number of benzene rings is 1. The number of hydrogen-bond donors (Lipinski definition) is 4. The zero-order valence-corrected chi connectivity index (χ0v) is 15.8. The van der Waals surface area contributed by atoms with E-state index in [0.717, 1.165) is 42.1 Å². The lowest BCUT2D eigenvalue weighted by molar-refractivity contribution is 0.292. The quantitative estimate of drug-likeness (QED) is 0.314. The number of rotatable bonds is 10. The normalized spacial score (nSPS) is 11.2. The molecule has 3 rings (SSSR count). The van der Waals surface area contributed by atoms with Crippen LogP contribution >= 0.6 is 11.6 Å². The average molecular weight is 390 g/mol. The van der Waals surface area contributed by atoms with Gasteiger partial charge in [0.05, 0.1) is 24.2 Å². The molecule has 0 amide bonds. The molecule has 0 atom stereocenters. The number of fused-ring (bicyclic) bond motifs is 1. The Balaban J connectivity index is 1.84. The minimum Gasteiger partial charge on any atom is -0.506 e. The average Bonchev–Trinajstić information content (AvgIpc) is 3.03. The molecule has 8 heteroatoms. The molecular weight excluding hydrogens is 366 g/mol. The Kier molecular flexibility index (Phi) is 6.86. The first-order valence-corrected chi connectivity index (χ1v) is 9.50. The highest BCUT2D eigenvalue weighted by Crippen LogP contribution is 2.25. The van der Waals surface area contributed by atoms with E-state index in [-0.39, 0.29) is 12.4 Å². The Labute approximate surface area is 163 Å². The zero-order valence-electron chi connectivity index (χ0n) is 15.0. The van der Waals surface area contributed by atoms with Crippen LogP contribution in [0, 0.1) is 0 Å². The second-order valence-corrected chi connectivity index (χ2v) is 6.47. The standard InChI is InChI=1S/C19H24ClN5O2/c20-12-14-4-5-15-17(11-14)25(13-16-18(27)3-1-7-22-16)19(24-15)23-8-2-6-21-9-10-26/h1,3-5,7,11,21,26-27H,2,6,8-10,12-13H2,(H,23,24). The van der Waals surface area contributed by atoms with Crippen molar-refractivity contribution in [2.75, 3.05) is 31.6 Å². The van der Waals surface area contributed by atoms with Crippen LogP contribution in [0.2, 0.25) is 0 Å². The number of aromatic hydroxyl groups is 1.